The Kier molecular flexibility index (Phi) is 5.98. The minimum absolute atomic E-state index is 0.00566. The van der Waals surface area contributed by atoms with Gasteiger partial charge in [-0.1, -0.05) is 29.8 Å². The number of hydrogen-bond donors (Lipinski definition) is 0. The van der Waals surface area contributed by atoms with Crippen molar-refractivity contribution in [2.75, 3.05) is 14.2 Å². The van der Waals surface area contributed by atoms with Crippen LogP contribution in [-0.4, -0.2) is 31.6 Å². The number of para-hydroxylation sites is 1. The van der Waals surface area contributed by atoms with Gasteiger partial charge in [-0.3, -0.25) is 4.79 Å². The lowest BCUT2D eigenvalue weighted by Gasteiger charge is -2.20. The first-order valence-electron chi connectivity index (χ1n) is 7.04. The van der Waals surface area contributed by atoms with Crippen LogP contribution in [0.2, 0.25) is 5.02 Å². The van der Waals surface area contributed by atoms with Crippen LogP contribution in [0.15, 0.2) is 42.5 Å². The highest BCUT2D eigenvalue weighted by atomic mass is 35.5. The number of carbonyl (C=O) groups excluding carboxylic acids is 1. The molecule has 0 saturated carbocycles. The summed E-state index contributed by atoms with van der Waals surface area (Å²) in [4.78, 5) is 14.0. The number of carbonyl (C=O) groups is 1. The minimum Gasteiger partial charge on any atom is -0.493 e. The average Bonchev–Trinajstić information content (AvgIpc) is 2.56. The largest absolute Gasteiger partial charge is 0.493 e. The summed E-state index contributed by atoms with van der Waals surface area (Å²) in [6, 6.07) is 11.4. The molecule has 0 unspecified atom stereocenters. The standard InChI is InChI=1S/C17H16ClF2NO3/c1-21(10-11-6-8-12(18)9-7-11)16(22)13-4-3-5-14(23-2)15(13)24-17(19)20/h3-9,17H,10H2,1-2H3. The maximum Gasteiger partial charge on any atom is 0.387 e. The molecule has 2 aromatic carbocycles. The molecule has 2 aromatic rings. The SMILES string of the molecule is COc1cccc(C(=O)N(C)Cc2ccc(Cl)cc2)c1OC(F)F. The van der Waals surface area contributed by atoms with E-state index >= 15 is 0 Å². The summed E-state index contributed by atoms with van der Waals surface area (Å²) in [5.41, 5.74) is 0.862. The minimum atomic E-state index is -3.06. The summed E-state index contributed by atoms with van der Waals surface area (Å²) in [6.45, 7) is -2.77. The molecule has 0 saturated heterocycles. The number of nitrogens with zero attached hydrogens (tertiary/aromatic N) is 1. The van der Waals surface area contributed by atoms with E-state index in [0.717, 1.165) is 5.56 Å². The van der Waals surface area contributed by atoms with Gasteiger partial charge < -0.3 is 14.4 Å². The zero-order valence-electron chi connectivity index (χ0n) is 13.1. The Morgan fingerprint density at radius 1 is 1.21 bits per heavy atom. The van der Waals surface area contributed by atoms with Crippen LogP contribution in [0.4, 0.5) is 8.78 Å². The lowest BCUT2D eigenvalue weighted by atomic mass is 10.1. The molecule has 0 aromatic heterocycles. The number of benzene rings is 2. The van der Waals surface area contributed by atoms with E-state index in [4.69, 9.17) is 16.3 Å². The van der Waals surface area contributed by atoms with Gasteiger partial charge in [0.05, 0.1) is 12.7 Å². The molecule has 0 fully saturated rings. The van der Waals surface area contributed by atoms with E-state index in [0.29, 0.717) is 11.6 Å². The molecule has 4 nitrogen and oxygen atoms in total. The maximum absolute atomic E-state index is 12.7. The molecule has 0 N–H and O–H groups in total. The van der Waals surface area contributed by atoms with Crippen molar-refractivity contribution in [1.82, 2.24) is 4.90 Å². The van der Waals surface area contributed by atoms with E-state index in [-0.39, 0.29) is 17.1 Å². The quantitative estimate of drug-likeness (QED) is 0.778. The Morgan fingerprint density at radius 2 is 1.88 bits per heavy atom. The monoisotopic (exact) mass is 355 g/mol. The predicted octanol–water partition coefficient (Wildman–Crippen LogP) is 4.22. The van der Waals surface area contributed by atoms with Gasteiger partial charge in [0, 0.05) is 18.6 Å². The van der Waals surface area contributed by atoms with Gasteiger partial charge in [-0.2, -0.15) is 8.78 Å². The van der Waals surface area contributed by atoms with Gasteiger partial charge in [-0.25, -0.2) is 0 Å². The molecule has 0 heterocycles. The molecule has 7 heteroatoms. The second-order valence-electron chi connectivity index (χ2n) is 5.00. The highest BCUT2D eigenvalue weighted by molar-refractivity contribution is 6.30. The van der Waals surface area contributed by atoms with Crippen molar-refractivity contribution in [3.05, 3.63) is 58.6 Å². The van der Waals surface area contributed by atoms with Crippen molar-refractivity contribution >= 4 is 17.5 Å². The summed E-state index contributed by atoms with van der Waals surface area (Å²) in [7, 11) is 2.89. The zero-order chi connectivity index (χ0) is 17.7. The van der Waals surface area contributed by atoms with Gasteiger partial charge in [0.1, 0.15) is 0 Å². The number of amides is 1. The molecule has 0 radical (unpaired) electrons. The van der Waals surface area contributed by atoms with Crippen molar-refractivity contribution in [3.8, 4) is 11.5 Å². The zero-order valence-corrected chi connectivity index (χ0v) is 13.9. The van der Waals surface area contributed by atoms with Gasteiger partial charge in [0.25, 0.3) is 5.91 Å². The number of halogens is 3. The van der Waals surface area contributed by atoms with Crippen LogP contribution in [-0.2, 0) is 6.54 Å². The second kappa shape index (κ2) is 7.97. The highest BCUT2D eigenvalue weighted by Gasteiger charge is 2.22. The third kappa shape index (κ3) is 4.35. The molecule has 0 aliphatic rings. The summed E-state index contributed by atoms with van der Waals surface area (Å²) in [5, 5.41) is 0.591. The third-order valence-electron chi connectivity index (χ3n) is 3.32. The first-order chi connectivity index (χ1) is 11.4. The van der Waals surface area contributed by atoms with Crippen LogP contribution in [0.5, 0.6) is 11.5 Å². The summed E-state index contributed by atoms with van der Waals surface area (Å²) in [6.07, 6.45) is 0. The van der Waals surface area contributed by atoms with Crippen molar-refractivity contribution in [2.24, 2.45) is 0 Å². The van der Waals surface area contributed by atoms with Gasteiger partial charge in [0.2, 0.25) is 0 Å². The fourth-order valence-corrected chi connectivity index (χ4v) is 2.32. The fraction of sp³-hybridized carbons (Fsp3) is 0.235. The third-order valence-corrected chi connectivity index (χ3v) is 3.57. The molecule has 2 rings (SSSR count). The van der Waals surface area contributed by atoms with Crippen molar-refractivity contribution in [2.45, 2.75) is 13.2 Å². The van der Waals surface area contributed by atoms with E-state index in [2.05, 4.69) is 4.74 Å². The number of hydrogen-bond acceptors (Lipinski definition) is 3. The van der Waals surface area contributed by atoms with Crippen LogP contribution in [0.25, 0.3) is 0 Å². The fourth-order valence-electron chi connectivity index (χ4n) is 2.20. The lowest BCUT2D eigenvalue weighted by Crippen LogP contribution is -2.27. The van der Waals surface area contributed by atoms with Gasteiger partial charge in [-0.05, 0) is 29.8 Å². The summed E-state index contributed by atoms with van der Waals surface area (Å²) < 4.78 is 34.8. The molecule has 0 aliphatic carbocycles. The smallest absolute Gasteiger partial charge is 0.387 e. The normalized spacial score (nSPS) is 10.6. The molecule has 0 spiro atoms. The molecule has 0 bridgehead atoms. The second-order valence-corrected chi connectivity index (χ2v) is 5.44. The van der Waals surface area contributed by atoms with E-state index in [1.54, 1.807) is 37.4 Å². The number of ether oxygens (including phenoxy) is 2. The van der Waals surface area contributed by atoms with Crippen molar-refractivity contribution < 1.29 is 23.0 Å². The maximum atomic E-state index is 12.7. The molecule has 128 valence electrons. The Labute approximate surface area is 143 Å². The molecule has 1 amide bonds. The van der Waals surface area contributed by atoms with Crippen LogP contribution >= 0.6 is 11.6 Å². The van der Waals surface area contributed by atoms with Gasteiger partial charge in [-0.15, -0.1) is 0 Å². The number of methoxy groups -OCH3 is 1. The van der Waals surface area contributed by atoms with Crippen molar-refractivity contribution in [3.63, 3.8) is 0 Å². The molecular formula is C17H16ClF2NO3. The molecular weight excluding hydrogens is 340 g/mol. The van der Waals surface area contributed by atoms with E-state index in [9.17, 15) is 13.6 Å². The molecule has 0 aliphatic heterocycles. The summed E-state index contributed by atoms with van der Waals surface area (Å²) in [5.74, 6) is -0.663. The van der Waals surface area contributed by atoms with Gasteiger partial charge >= 0.3 is 6.61 Å². The molecule has 0 atom stereocenters. The van der Waals surface area contributed by atoms with Crippen LogP contribution in [0, 0.1) is 0 Å². The Balaban J connectivity index is 2.26. The topological polar surface area (TPSA) is 38.8 Å². The average molecular weight is 356 g/mol. The summed E-state index contributed by atoms with van der Waals surface area (Å²) >= 11 is 5.83. The Hall–Kier alpha value is -2.34. The first-order valence-corrected chi connectivity index (χ1v) is 7.42. The molecule has 24 heavy (non-hydrogen) atoms. The Bertz CT molecular complexity index is 707. The van der Waals surface area contributed by atoms with E-state index in [1.807, 2.05) is 0 Å². The van der Waals surface area contributed by atoms with Crippen LogP contribution in [0.1, 0.15) is 15.9 Å². The number of alkyl halides is 2. The number of rotatable bonds is 6. The van der Waals surface area contributed by atoms with E-state index in [1.165, 1.54) is 24.1 Å². The predicted molar refractivity (Wildman–Crippen MR) is 86.9 cm³/mol. The van der Waals surface area contributed by atoms with E-state index < -0.39 is 12.5 Å². The van der Waals surface area contributed by atoms with Gasteiger partial charge in [0.15, 0.2) is 11.5 Å². The Morgan fingerprint density at radius 3 is 2.46 bits per heavy atom. The van der Waals surface area contributed by atoms with Crippen LogP contribution in [0.3, 0.4) is 0 Å². The van der Waals surface area contributed by atoms with Crippen molar-refractivity contribution in [1.29, 1.82) is 0 Å². The first kappa shape index (κ1) is 18.0. The van der Waals surface area contributed by atoms with Crippen LogP contribution < -0.4 is 9.47 Å². The highest BCUT2D eigenvalue weighted by Crippen LogP contribution is 2.33. The lowest BCUT2D eigenvalue weighted by molar-refractivity contribution is -0.0516.